The maximum atomic E-state index is 15.0. The smallest absolute Gasteiger partial charge is 0.323 e. The lowest BCUT2D eigenvalue weighted by Crippen LogP contribution is -2.54. The summed E-state index contributed by atoms with van der Waals surface area (Å²) in [6, 6.07) is 10.7. The van der Waals surface area contributed by atoms with Crippen LogP contribution < -0.4 is 15.4 Å². The van der Waals surface area contributed by atoms with E-state index in [4.69, 9.17) is 9.84 Å². The Labute approximate surface area is 290 Å². The van der Waals surface area contributed by atoms with E-state index in [1.165, 1.54) is 41.8 Å². The SMILES string of the molecule is Cc1ccc(F)c(NC(=O)Nc2ccc(Oc3ccnc4cc(C(=O)N5CCN(CC(=O)N6CCN(CC(=O)O)CC6)CC5)sc34)cc2F)c1. The minimum absolute atomic E-state index is 0.00560. The van der Waals surface area contributed by atoms with Gasteiger partial charge in [0.05, 0.1) is 39.6 Å². The molecule has 0 radical (unpaired) electrons. The van der Waals surface area contributed by atoms with Crippen LogP contribution in [0.15, 0.2) is 54.7 Å². The molecule has 2 aliphatic heterocycles. The van der Waals surface area contributed by atoms with Gasteiger partial charge in [0.1, 0.15) is 23.1 Å². The molecule has 4 amide bonds. The van der Waals surface area contributed by atoms with Crippen molar-refractivity contribution >= 4 is 56.7 Å². The van der Waals surface area contributed by atoms with Crippen LogP contribution >= 0.6 is 11.3 Å². The lowest BCUT2D eigenvalue weighted by molar-refractivity contribution is -0.139. The first-order chi connectivity index (χ1) is 24.0. The molecule has 2 aromatic carbocycles. The van der Waals surface area contributed by atoms with Gasteiger partial charge in [-0.05, 0) is 42.8 Å². The molecule has 16 heteroatoms. The van der Waals surface area contributed by atoms with Crippen molar-refractivity contribution in [3.8, 4) is 11.5 Å². The first-order valence-corrected chi connectivity index (χ1v) is 16.8. The maximum Gasteiger partial charge on any atom is 0.323 e. The highest BCUT2D eigenvalue weighted by molar-refractivity contribution is 7.21. The number of hydrogen-bond acceptors (Lipinski definition) is 9. The lowest BCUT2D eigenvalue weighted by Gasteiger charge is -2.37. The standard InChI is InChI=1S/C34H35F2N7O6S/c1-21-2-4-23(35)26(16-21)39-34(48)38-25-5-3-22(17-24(25)36)49-28-6-7-37-27-18-29(50-32(27)28)33(47)43-14-10-40(11-15-43)19-30(44)42-12-8-41(9-13-42)20-31(45)46/h2-7,16-18H,8-15,19-20H2,1H3,(H,45,46)(H2,38,39,48). The van der Waals surface area contributed by atoms with Gasteiger partial charge in [0.15, 0.2) is 0 Å². The van der Waals surface area contributed by atoms with E-state index in [1.54, 1.807) is 34.9 Å². The van der Waals surface area contributed by atoms with Gasteiger partial charge < -0.3 is 30.3 Å². The number of nitrogens with zero attached hydrogens (tertiary/aromatic N) is 5. The number of urea groups is 1. The predicted molar refractivity (Wildman–Crippen MR) is 183 cm³/mol. The van der Waals surface area contributed by atoms with Gasteiger partial charge in [-0.25, -0.2) is 13.6 Å². The molecule has 2 saturated heterocycles. The molecule has 0 atom stereocenters. The molecule has 0 unspecified atom stereocenters. The van der Waals surface area contributed by atoms with Gasteiger partial charge in [0.2, 0.25) is 5.91 Å². The molecule has 2 aromatic heterocycles. The van der Waals surface area contributed by atoms with Crippen molar-refractivity contribution in [3.63, 3.8) is 0 Å². The van der Waals surface area contributed by atoms with Crippen LogP contribution in [-0.4, -0.2) is 119 Å². The molecule has 50 heavy (non-hydrogen) atoms. The van der Waals surface area contributed by atoms with E-state index in [9.17, 15) is 28.0 Å². The Bertz CT molecular complexity index is 1930. The van der Waals surface area contributed by atoms with Crippen molar-refractivity contribution in [1.29, 1.82) is 0 Å². The number of pyridine rings is 1. The second-order valence-electron chi connectivity index (χ2n) is 12.1. The number of rotatable bonds is 9. The Balaban J connectivity index is 1.03. The molecule has 6 rings (SSSR count). The average molecular weight is 708 g/mol. The van der Waals surface area contributed by atoms with Gasteiger partial charge in [-0.15, -0.1) is 11.3 Å². The largest absolute Gasteiger partial charge is 0.480 e. The molecule has 0 aliphatic carbocycles. The van der Waals surface area contributed by atoms with Crippen molar-refractivity contribution < 1.29 is 37.8 Å². The number of nitrogens with one attached hydrogen (secondary N) is 2. The maximum absolute atomic E-state index is 15.0. The third-order valence-electron chi connectivity index (χ3n) is 8.48. The molecule has 0 spiro atoms. The van der Waals surface area contributed by atoms with Gasteiger partial charge in [-0.1, -0.05) is 6.07 Å². The van der Waals surface area contributed by atoms with Crippen LogP contribution in [0.3, 0.4) is 0 Å². The Morgan fingerprint density at radius 1 is 0.820 bits per heavy atom. The van der Waals surface area contributed by atoms with Crippen LogP contribution in [0, 0.1) is 18.6 Å². The normalized spacial score (nSPS) is 15.6. The van der Waals surface area contributed by atoms with Gasteiger partial charge in [-0.3, -0.25) is 29.2 Å². The second-order valence-corrected chi connectivity index (χ2v) is 13.1. The monoisotopic (exact) mass is 707 g/mol. The third kappa shape index (κ3) is 8.33. The van der Waals surface area contributed by atoms with Crippen LogP contribution in [0.5, 0.6) is 11.5 Å². The topological polar surface area (TPSA) is 148 Å². The number of carboxylic acids is 1. The van der Waals surface area contributed by atoms with E-state index in [1.807, 2.05) is 9.80 Å². The van der Waals surface area contributed by atoms with Gasteiger partial charge in [0.25, 0.3) is 5.91 Å². The number of amides is 4. The number of hydrogen-bond donors (Lipinski definition) is 3. The van der Waals surface area contributed by atoms with Crippen molar-refractivity contribution in [2.45, 2.75) is 6.92 Å². The summed E-state index contributed by atoms with van der Waals surface area (Å²) in [6.45, 7) is 5.96. The number of carbonyl (C=O) groups is 4. The third-order valence-corrected chi connectivity index (χ3v) is 9.60. The number of carbonyl (C=O) groups excluding carboxylic acids is 3. The minimum atomic E-state index is -0.880. The number of thiophene rings is 1. The predicted octanol–water partition coefficient (Wildman–Crippen LogP) is 4.31. The molecule has 262 valence electrons. The van der Waals surface area contributed by atoms with Crippen LogP contribution in [0.2, 0.25) is 0 Å². The summed E-state index contributed by atoms with van der Waals surface area (Å²) < 4.78 is 35.6. The van der Waals surface area contributed by atoms with E-state index in [2.05, 4.69) is 15.6 Å². The molecule has 13 nitrogen and oxygen atoms in total. The molecular weight excluding hydrogens is 672 g/mol. The van der Waals surface area contributed by atoms with E-state index >= 15 is 0 Å². The fourth-order valence-corrected chi connectivity index (χ4v) is 6.84. The van der Waals surface area contributed by atoms with Crippen LogP contribution in [-0.2, 0) is 9.59 Å². The number of halogens is 2. The van der Waals surface area contributed by atoms with E-state index < -0.39 is 23.6 Å². The van der Waals surface area contributed by atoms with E-state index in [0.29, 0.717) is 73.2 Å². The molecule has 0 saturated carbocycles. The first-order valence-electron chi connectivity index (χ1n) is 16.0. The highest BCUT2D eigenvalue weighted by Gasteiger charge is 2.28. The summed E-state index contributed by atoms with van der Waals surface area (Å²) in [6.07, 6.45) is 1.53. The van der Waals surface area contributed by atoms with Gasteiger partial charge in [0, 0.05) is 70.7 Å². The number of ether oxygens (including phenoxy) is 1. The van der Waals surface area contributed by atoms with Crippen LogP contribution in [0.4, 0.5) is 25.0 Å². The number of aromatic nitrogens is 1. The lowest BCUT2D eigenvalue weighted by atomic mass is 10.2. The quantitative estimate of drug-likeness (QED) is 0.232. The number of aliphatic carboxylic acids is 1. The van der Waals surface area contributed by atoms with Gasteiger partial charge >= 0.3 is 12.0 Å². The number of fused-ring (bicyclic) bond motifs is 1. The number of anilines is 2. The summed E-state index contributed by atoms with van der Waals surface area (Å²) in [5.41, 5.74) is 1.12. The zero-order chi connectivity index (χ0) is 35.4. The molecule has 2 aliphatic rings. The highest BCUT2D eigenvalue weighted by Crippen LogP contribution is 2.36. The first kappa shape index (κ1) is 34.7. The summed E-state index contributed by atoms with van der Waals surface area (Å²) in [5.74, 6) is -1.91. The minimum Gasteiger partial charge on any atom is -0.480 e. The summed E-state index contributed by atoms with van der Waals surface area (Å²) >= 11 is 1.21. The van der Waals surface area contributed by atoms with Crippen molar-refractivity contribution in [1.82, 2.24) is 24.6 Å². The van der Waals surface area contributed by atoms with Crippen molar-refractivity contribution in [3.05, 3.63) is 76.8 Å². The van der Waals surface area contributed by atoms with Gasteiger partial charge in [-0.2, -0.15) is 0 Å². The molecular formula is C34H35F2N7O6S. The Morgan fingerprint density at radius 2 is 1.50 bits per heavy atom. The number of benzene rings is 2. The molecule has 2 fully saturated rings. The Morgan fingerprint density at radius 3 is 2.20 bits per heavy atom. The van der Waals surface area contributed by atoms with E-state index in [0.717, 1.165) is 11.6 Å². The van der Waals surface area contributed by atoms with E-state index in [-0.39, 0.29) is 42.0 Å². The average Bonchev–Trinajstić information content (AvgIpc) is 3.53. The summed E-state index contributed by atoms with van der Waals surface area (Å²) in [7, 11) is 0. The molecule has 3 N–H and O–H groups in total. The fourth-order valence-electron chi connectivity index (χ4n) is 5.80. The number of piperazine rings is 2. The van der Waals surface area contributed by atoms with Crippen LogP contribution in [0.1, 0.15) is 15.2 Å². The number of aryl methyl sites for hydroxylation is 1. The Hall–Kier alpha value is -5.19. The molecule has 0 bridgehead atoms. The van der Waals surface area contributed by atoms with Crippen molar-refractivity contribution in [2.24, 2.45) is 0 Å². The fraction of sp³-hybridized carbons (Fsp3) is 0.324. The molecule has 4 aromatic rings. The number of carboxylic acid groups (broad SMARTS) is 1. The highest BCUT2D eigenvalue weighted by atomic mass is 32.1. The second kappa shape index (κ2) is 15.1. The zero-order valence-corrected chi connectivity index (χ0v) is 28.0. The Kier molecular flexibility index (Phi) is 10.5. The van der Waals surface area contributed by atoms with Crippen molar-refractivity contribution in [2.75, 3.05) is 76.1 Å². The van der Waals surface area contributed by atoms with Crippen LogP contribution in [0.25, 0.3) is 10.2 Å². The zero-order valence-electron chi connectivity index (χ0n) is 27.2. The molecule has 4 heterocycles. The summed E-state index contributed by atoms with van der Waals surface area (Å²) in [5, 5.41) is 13.7. The summed E-state index contributed by atoms with van der Waals surface area (Å²) in [4.78, 5) is 61.8.